The highest BCUT2D eigenvalue weighted by Gasteiger charge is 2.30. The smallest absolute Gasteiger partial charge is 0.416 e. The highest BCUT2D eigenvalue weighted by Crippen LogP contribution is 2.31. The van der Waals surface area contributed by atoms with Crippen LogP contribution in [0.4, 0.5) is 18.9 Å². The Morgan fingerprint density at radius 3 is 2.50 bits per heavy atom. The van der Waals surface area contributed by atoms with E-state index < -0.39 is 17.6 Å². The molecule has 4 rings (SSSR count). The second-order valence-electron chi connectivity index (χ2n) is 8.22. The number of hydrogen-bond acceptors (Lipinski definition) is 6. The Morgan fingerprint density at radius 1 is 1.00 bits per heavy atom. The maximum atomic E-state index is 13.3. The van der Waals surface area contributed by atoms with Crippen molar-refractivity contribution in [1.82, 2.24) is 9.55 Å². The molecule has 7 nitrogen and oxygen atoms in total. The van der Waals surface area contributed by atoms with E-state index in [1.807, 2.05) is 12.1 Å². The topological polar surface area (TPSA) is 82.5 Å². The molecule has 0 aliphatic rings. The highest BCUT2D eigenvalue weighted by molar-refractivity contribution is 7.99. The van der Waals surface area contributed by atoms with E-state index in [0.717, 1.165) is 29.5 Å². The predicted octanol–water partition coefficient (Wildman–Crippen LogP) is 5.41. The molecular formula is C27H24F3N3O4S. The lowest BCUT2D eigenvalue weighted by Crippen LogP contribution is -2.25. The Balaban J connectivity index is 1.55. The first kappa shape index (κ1) is 27.1. The zero-order valence-electron chi connectivity index (χ0n) is 20.5. The number of para-hydroxylation sites is 1. The minimum Gasteiger partial charge on any atom is -0.493 e. The molecule has 198 valence electrons. The van der Waals surface area contributed by atoms with Gasteiger partial charge in [-0.2, -0.15) is 13.2 Å². The van der Waals surface area contributed by atoms with E-state index in [9.17, 15) is 22.8 Å². The minimum absolute atomic E-state index is 0.0303. The van der Waals surface area contributed by atoms with Gasteiger partial charge in [-0.3, -0.25) is 14.2 Å². The molecule has 0 spiro atoms. The fraction of sp³-hybridized carbons (Fsp3) is 0.222. The molecule has 0 radical (unpaired) electrons. The molecule has 11 heteroatoms. The van der Waals surface area contributed by atoms with Crippen LogP contribution < -0.4 is 20.3 Å². The van der Waals surface area contributed by atoms with Crippen LogP contribution in [0.1, 0.15) is 11.1 Å². The average Bonchev–Trinajstić information content (AvgIpc) is 2.91. The lowest BCUT2D eigenvalue weighted by molar-refractivity contribution is -0.137. The minimum atomic E-state index is -4.52. The molecule has 1 heterocycles. The number of methoxy groups -OCH3 is 2. The van der Waals surface area contributed by atoms with Crippen molar-refractivity contribution in [3.63, 3.8) is 0 Å². The lowest BCUT2D eigenvalue weighted by Gasteiger charge is -2.14. The molecule has 0 fully saturated rings. The van der Waals surface area contributed by atoms with Gasteiger partial charge in [-0.1, -0.05) is 36.0 Å². The number of rotatable bonds is 9. The Hall–Kier alpha value is -3.99. The van der Waals surface area contributed by atoms with E-state index in [1.54, 1.807) is 44.6 Å². The number of carbonyl (C=O) groups is 1. The Labute approximate surface area is 220 Å². The second-order valence-corrected chi connectivity index (χ2v) is 9.17. The lowest BCUT2D eigenvalue weighted by atomic mass is 10.1. The van der Waals surface area contributed by atoms with Gasteiger partial charge in [0.2, 0.25) is 5.91 Å². The molecule has 4 aromatic rings. The molecule has 38 heavy (non-hydrogen) atoms. The number of carbonyl (C=O) groups excluding carboxylic acids is 1. The van der Waals surface area contributed by atoms with Crippen molar-refractivity contribution in [2.24, 2.45) is 0 Å². The number of fused-ring (bicyclic) bond motifs is 1. The molecule has 1 aromatic heterocycles. The molecule has 0 bridgehead atoms. The zero-order valence-corrected chi connectivity index (χ0v) is 21.4. The molecule has 0 aliphatic carbocycles. The fourth-order valence-corrected chi connectivity index (χ4v) is 4.66. The molecule has 0 saturated carbocycles. The number of ether oxygens (including phenoxy) is 2. The van der Waals surface area contributed by atoms with Gasteiger partial charge in [0.05, 0.1) is 36.4 Å². The Kier molecular flexibility index (Phi) is 8.26. The van der Waals surface area contributed by atoms with Crippen LogP contribution in [0.15, 0.2) is 76.7 Å². The van der Waals surface area contributed by atoms with E-state index >= 15 is 0 Å². The first-order valence-electron chi connectivity index (χ1n) is 11.5. The van der Waals surface area contributed by atoms with Crippen molar-refractivity contribution in [1.29, 1.82) is 0 Å². The predicted molar refractivity (Wildman–Crippen MR) is 140 cm³/mol. The summed E-state index contributed by atoms with van der Waals surface area (Å²) in [7, 11) is 3.09. The number of halogens is 3. The van der Waals surface area contributed by atoms with Crippen LogP contribution >= 0.6 is 11.8 Å². The van der Waals surface area contributed by atoms with Crippen molar-refractivity contribution in [3.8, 4) is 11.5 Å². The molecule has 0 unspecified atom stereocenters. The van der Waals surface area contributed by atoms with Gasteiger partial charge in [0.1, 0.15) is 0 Å². The molecule has 1 N–H and O–H groups in total. The number of anilines is 1. The van der Waals surface area contributed by atoms with E-state index in [4.69, 9.17) is 9.47 Å². The van der Waals surface area contributed by atoms with Gasteiger partial charge in [0, 0.05) is 12.2 Å². The van der Waals surface area contributed by atoms with Crippen molar-refractivity contribution in [3.05, 3.63) is 88.2 Å². The van der Waals surface area contributed by atoms with Crippen LogP contribution in [-0.2, 0) is 23.9 Å². The fourth-order valence-electron chi connectivity index (χ4n) is 3.83. The Morgan fingerprint density at radius 2 is 1.76 bits per heavy atom. The quantitative estimate of drug-likeness (QED) is 0.225. The van der Waals surface area contributed by atoms with E-state index in [0.29, 0.717) is 34.0 Å². The van der Waals surface area contributed by atoms with Crippen LogP contribution in [0.5, 0.6) is 11.5 Å². The van der Waals surface area contributed by atoms with Gasteiger partial charge in [-0.25, -0.2) is 4.98 Å². The number of thioether (sulfide) groups is 1. The number of alkyl halides is 3. The number of nitrogens with one attached hydrogen (secondary N) is 1. The highest BCUT2D eigenvalue weighted by atomic mass is 32.2. The largest absolute Gasteiger partial charge is 0.493 e. The van der Waals surface area contributed by atoms with Crippen LogP contribution in [0, 0.1) is 0 Å². The van der Waals surface area contributed by atoms with Gasteiger partial charge >= 0.3 is 6.18 Å². The summed E-state index contributed by atoms with van der Waals surface area (Å²) in [5.74, 6) is 0.471. The molecule has 3 aromatic carbocycles. The van der Waals surface area contributed by atoms with Gasteiger partial charge in [0.15, 0.2) is 16.7 Å². The summed E-state index contributed by atoms with van der Waals surface area (Å²) >= 11 is 1.03. The van der Waals surface area contributed by atoms with Crippen molar-refractivity contribution in [2.75, 3.05) is 25.3 Å². The molecule has 0 atom stereocenters. The second kappa shape index (κ2) is 11.6. The summed E-state index contributed by atoms with van der Waals surface area (Å²) in [4.78, 5) is 30.5. The van der Waals surface area contributed by atoms with Crippen molar-refractivity contribution >= 4 is 34.3 Å². The average molecular weight is 544 g/mol. The first-order valence-corrected chi connectivity index (χ1v) is 12.5. The number of benzene rings is 3. The molecule has 0 saturated heterocycles. The van der Waals surface area contributed by atoms with Gasteiger partial charge in [-0.05, 0) is 54.4 Å². The van der Waals surface area contributed by atoms with Crippen LogP contribution in [-0.4, -0.2) is 35.4 Å². The third-order valence-corrected chi connectivity index (χ3v) is 6.68. The van der Waals surface area contributed by atoms with Crippen molar-refractivity contribution < 1.29 is 27.4 Å². The summed E-state index contributed by atoms with van der Waals surface area (Å²) in [6.07, 6.45) is -4.04. The summed E-state index contributed by atoms with van der Waals surface area (Å²) in [5, 5.41) is 3.25. The summed E-state index contributed by atoms with van der Waals surface area (Å²) < 4.78 is 51.1. The molecule has 0 aliphatic heterocycles. The first-order chi connectivity index (χ1) is 18.2. The normalized spacial score (nSPS) is 11.4. The third-order valence-electron chi connectivity index (χ3n) is 5.70. The summed E-state index contributed by atoms with van der Waals surface area (Å²) in [6.45, 7) is 0.281. The maximum absolute atomic E-state index is 13.3. The number of aryl methyl sites for hydroxylation is 1. The standard InChI is InChI=1S/C27H24F3N3O4S/c1-36-22-11-10-17(14-23(22)37-2)12-13-33-25(35)20-8-3-4-9-21(20)32-26(33)38-16-24(34)31-19-7-5-6-18(15-19)27(28,29)30/h3-11,14-15H,12-13,16H2,1-2H3,(H,31,34). The number of amides is 1. The van der Waals surface area contributed by atoms with E-state index in [-0.39, 0.29) is 23.5 Å². The summed E-state index contributed by atoms with van der Waals surface area (Å²) in [5.41, 5.74) is 0.310. The van der Waals surface area contributed by atoms with Gasteiger partial charge in [-0.15, -0.1) is 0 Å². The number of hydrogen-bond donors (Lipinski definition) is 1. The maximum Gasteiger partial charge on any atom is 0.416 e. The molecule has 1 amide bonds. The monoisotopic (exact) mass is 543 g/mol. The van der Waals surface area contributed by atoms with Gasteiger partial charge < -0.3 is 14.8 Å². The van der Waals surface area contributed by atoms with E-state index in [1.165, 1.54) is 16.7 Å². The van der Waals surface area contributed by atoms with Crippen molar-refractivity contribution in [2.45, 2.75) is 24.3 Å². The number of aromatic nitrogens is 2. The van der Waals surface area contributed by atoms with Crippen LogP contribution in [0.2, 0.25) is 0 Å². The third kappa shape index (κ3) is 6.28. The summed E-state index contributed by atoms with van der Waals surface area (Å²) in [6, 6.07) is 16.8. The SMILES string of the molecule is COc1ccc(CCn2c(SCC(=O)Nc3cccc(C(F)(F)F)c3)nc3ccccc3c2=O)cc1OC. The Bertz CT molecular complexity index is 1520. The van der Waals surface area contributed by atoms with Crippen LogP contribution in [0.25, 0.3) is 10.9 Å². The zero-order chi connectivity index (χ0) is 27.3. The molecular weight excluding hydrogens is 519 g/mol. The van der Waals surface area contributed by atoms with Crippen LogP contribution in [0.3, 0.4) is 0 Å². The van der Waals surface area contributed by atoms with Gasteiger partial charge in [0.25, 0.3) is 5.56 Å². The number of nitrogens with zero attached hydrogens (tertiary/aromatic N) is 2. The van der Waals surface area contributed by atoms with E-state index in [2.05, 4.69) is 10.3 Å².